The zero-order valence-electron chi connectivity index (χ0n) is 9.62. The molecular weight excluding hydrogens is 172 g/mol. The molecule has 0 amide bonds. The van der Waals surface area contributed by atoms with Crippen LogP contribution in [0, 0.1) is 0 Å². The third kappa shape index (κ3) is 1.58. The molecule has 1 aliphatic carbocycles. The summed E-state index contributed by atoms with van der Waals surface area (Å²) in [5.74, 6) is 1.41. The lowest BCUT2D eigenvalue weighted by Crippen LogP contribution is -2.09. The summed E-state index contributed by atoms with van der Waals surface area (Å²) in [7, 11) is 0. The lowest BCUT2D eigenvalue weighted by Gasteiger charge is -2.15. The quantitative estimate of drug-likeness (QED) is 0.717. The van der Waals surface area contributed by atoms with Gasteiger partial charge in [0.1, 0.15) is 0 Å². The van der Waals surface area contributed by atoms with E-state index in [2.05, 4.69) is 43.7 Å². The second-order valence-electron chi connectivity index (χ2n) is 4.95. The van der Waals surface area contributed by atoms with Crippen molar-refractivity contribution < 1.29 is 0 Å². The summed E-state index contributed by atoms with van der Waals surface area (Å²) in [6.45, 7) is 8.94. The zero-order chi connectivity index (χ0) is 10.3. The highest BCUT2D eigenvalue weighted by molar-refractivity contribution is 5.29. The van der Waals surface area contributed by atoms with Crippen LogP contribution in [0.2, 0.25) is 0 Å². The van der Waals surface area contributed by atoms with Crippen LogP contribution in [0.15, 0.2) is 6.20 Å². The number of hydrogen-bond donors (Lipinski definition) is 0. The Kier molecular flexibility index (Phi) is 2.38. The van der Waals surface area contributed by atoms with Crippen LogP contribution in [-0.2, 0) is 0 Å². The molecule has 2 heteroatoms. The highest BCUT2D eigenvalue weighted by atomic mass is 15.3. The van der Waals surface area contributed by atoms with Gasteiger partial charge in [0.2, 0.25) is 0 Å². The van der Waals surface area contributed by atoms with E-state index in [0.717, 1.165) is 5.92 Å². The van der Waals surface area contributed by atoms with Gasteiger partial charge in [0.25, 0.3) is 0 Å². The number of nitrogens with zero attached hydrogens (tertiary/aromatic N) is 2. The summed E-state index contributed by atoms with van der Waals surface area (Å²) >= 11 is 0. The second-order valence-corrected chi connectivity index (χ2v) is 4.95. The molecule has 1 aromatic rings. The van der Waals surface area contributed by atoms with Crippen molar-refractivity contribution in [3.05, 3.63) is 17.5 Å². The molecule has 0 aliphatic heterocycles. The van der Waals surface area contributed by atoms with Crippen LogP contribution >= 0.6 is 0 Å². The molecule has 1 fully saturated rings. The van der Waals surface area contributed by atoms with Crippen molar-refractivity contribution in [2.75, 3.05) is 0 Å². The van der Waals surface area contributed by atoms with Crippen molar-refractivity contribution in [1.29, 1.82) is 0 Å². The molecule has 1 heterocycles. The molecule has 0 N–H and O–H groups in total. The van der Waals surface area contributed by atoms with Gasteiger partial charge in [0.05, 0.1) is 6.20 Å². The zero-order valence-corrected chi connectivity index (χ0v) is 9.62. The Hall–Kier alpha value is -0.790. The molecule has 0 spiro atoms. The van der Waals surface area contributed by atoms with Crippen LogP contribution in [0.5, 0.6) is 0 Å². The Balaban J connectivity index is 2.41. The molecule has 0 radical (unpaired) electrons. The molecule has 0 unspecified atom stereocenters. The molecule has 0 atom stereocenters. The Labute approximate surface area is 86.3 Å². The molecule has 2 rings (SSSR count). The fraction of sp³-hybridized carbons (Fsp3) is 0.750. The van der Waals surface area contributed by atoms with Crippen molar-refractivity contribution in [1.82, 2.24) is 9.78 Å². The van der Waals surface area contributed by atoms with Gasteiger partial charge >= 0.3 is 0 Å². The molecule has 14 heavy (non-hydrogen) atoms. The van der Waals surface area contributed by atoms with Crippen LogP contribution in [-0.4, -0.2) is 9.78 Å². The maximum Gasteiger partial charge on any atom is 0.0527 e. The van der Waals surface area contributed by atoms with E-state index in [9.17, 15) is 0 Å². The summed E-state index contributed by atoms with van der Waals surface area (Å²) in [5, 5.41) is 4.51. The average molecular weight is 192 g/mol. The van der Waals surface area contributed by atoms with Crippen LogP contribution in [0.3, 0.4) is 0 Å². The fourth-order valence-electron chi connectivity index (χ4n) is 2.10. The summed E-state index contributed by atoms with van der Waals surface area (Å²) in [6.07, 6.45) is 4.82. The van der Waals surface area contributed by atoms with Gasteiger partial charge < -0.3 is 0 Å². The maximum absolute atomic E-state index is 4.51. The number of hydrogen-bond acceptors (Lipinski definition) is 1. The van der Waals surface area contributed by atoms with Gasteiger partial charge in [-0.15, -0.1) is 0 Å². The molecule has 1 aromatic heterocycles. The van der Waals surface area contributed by atoms with E-state index in [1.54, 1.807) is 0 Å². The van der Waals surface area contributed by atoms with E-state index in [4.69, 9.17) is 0 Å². The van der Waals surface area contributed by atoms with Crippen molar-refractivity contribution >= 4 is 0 Å². The Morgan fingerprint density at radius 1 is 1.29 bits per heavy atom. The topological polar surface area (TPSA) is 17.8 Å². The van der Waals surface area contributed by atoms with Crippen LogP contribution in [0.1, 0.15) is 69.7 Å². The predicted octanol–water partition coefficient (Wildman–Crippen LogP) is 3.46. The summed E-state index contributed by atoms with van der Waals surface area (Å²) < 4.78 is 2.19. The van der Waals surface area contributed by atoms with Gasteiger partial charge in [0.15, 0.2) is 0 Å². The van der Waals surface area contributed by atoms with E-state index in [1.165, 1.54) is 24.1 Å². The third-order valence-electron chi connectivity index (χ3n) is 2.92. The minimum absolute atomic E-state index is 0.486. The van der Waals surface area contributed by atoms with Gasteiger partial charge in [-0.2, -0.15) is 5.10 Å². The summed E-state index contributed by atoms with van der Waals surface area (Å²) in [4.78, 5) is 0. The standard InChI is InChI=1S/C12H20N2/c1-8(2)12-11(10-5-6-10)7-13-14(12)9(3)4/h7-10H,5-6H2,1-4H3. The minimum atomic E-state index is 0.486. The van der Waals surface area contributed by atoms with Crippen LogP contribution < -0.4 is 0 Å². The normalized spacial score (nSPS) is 17.0. The molecule has 1 saturated carbocycles. The average Bonchev–Trinajstić information content (AvgIpc) is 2.83. The van der Waals surface area contributed by atoms with E-state index in [-0.39, 0.29) is 0 Å². The number of aromatic nitrogens is 2. The maximum atomic E-state index is 4.51. The van der Waals surface area contributed by atoms with Crippen molar-refractivity contribution in [2.45, 2.75) is 58.4 Å². The SMILES string of the molecule is CC(C)c1c(C2CC2)cnn1C(C)C. The first-order valence-electron chi connectivity index (χ1n) is 5.68. The molecule has 1 aliphatic rings. The molecular formula is C12H20N2. The molecule has 0 saturated heterocycles. The minimum Gasteiger partial charge on any atom is -0.267 e. The van der Waals surface area contributed by atoms with Gasteiger partial charge in [0, 0.05) is 11.7 Å². The van der Waals surface area contributed by atoms with Gasteiger partial charge in [-0.3, -0.25) is 4.68 Å². The van der Waals surface area contributed by atoms with Gasteiger partial charge in [-0.05, 0) is 44.1 Å². The van der Waals surface area contributed by atoms with Crippen molar-refractivity contribution in [3.8, 4) is 0 Å². The van der Waals surface area contributed by atoms with Gasteiger partial charge in [-0.25, -0.2) is 0 Å². The summed E-state index contributed by atoms with van der Waals surface area (Å²) in [6, 6.07) is 0.486. The van der Waals surface area contributed by atoms with E-state index in [1.807, 2.05) is 0 Å². The Morgan fingerprint density at radius 3 is 2.36 bits per heavy atom. The predicted molar refractivity (Wildman–Crippen MR) is 58.7 cm³/mol. The third-order valence-corrected chi connectivity index (χ3v) is 2.92. The summed E-state index contributed by atoms with van der Waals surface area (Å²) in [5.41, 5.74) is 2.97. The Morgan fingerprint density at radius 2 is 1.93 bits per heavy atom. The van der Waals surface area contributed by atoms with E-state index in [0.29, 0.717) is 12.0 Å². The molecule has 0 aromatic carbocycles. The van der Waals surface area contributed by atoms with E-state index < -0.39 is 0 Å². The molecule has 78 valence electrons. The lowest BCUT2D eigenvalue weighted by atomic mass is 10.0. The fourth-order valence-corrected chi connectivity index (χ4v) is 2.10. The van der Waals surface area contributed by atoms with E-state index >= 15 is 0 Å². The van der Waals surface area contributed by atoms with Crippen molar-refractivity contribution in [2.24, 2.45) is 0 Å². The molecule has 2 nitrogen and oxygen atoms in total. The van der Waals surface area contributed by atoms with Crippen LogP contribution in [0.25, 0.3) is 0 Å². The smallest absolute Gasteiger partial charge is 0.0527 e. The Bertz CT molecular complexity index is 300. The first kappa shape index (κ1) is 9.75. The second kappa shape index (κ2) is 3.41. The molecule has 0 bridgehead atoms. The van der Waals surface area contributed by atoms with Crippen LogP contribution in [0.4, 0.5) is 0 Å². The highest BCUT2D eigenvalue weighted by Gasteiger charge is 2.29. The van der Waals surface area contributed by atoms with Gasteiger partial charge in [-0.1, -0.05) is 13.8 Å². The monoisotopic (exact) mass is 192 g/mol. The lowest BCUT2D eigenvalue weighted by molar-refractivity contribution is 0.496. The number of rotatable bonds is 3. The van der Waals surface area contributed by atoms with Crippen molar-refractivity contribution in [3.63, 3.8) is 0 Å². The largest absolute Gasteiger partial charge is 0.267 e. The first-order chi connectivity index (χ1) is 6.61. The highest BCUT2D eigenvalue weighted by Crippen LogP contribution is 2.43. The first-order valence-corrected chi connectivity index (χ1v) is 5.68.